The van der Waals surface area contributed by atoms with E-state index in [1.165, 1.54) is 0 Å². The molecule has 0 spiro atoms. The highest BCUT2D eigenvalue weighted by molar-refractivity contribution is 6.06. The van der Waals surface area contributed by atoms with Crippen LogP contribution in [0.3, 0.4) is 0 Å². The molecular formula is C19H27N5O. The molecule has 25 heavy (non-hydrogen) atoms. The van der Waals surface area contributed by atoms with Crippen molar-refractivity contribution in [3.63, 3.8) is 0 Å². The Hall–Kier alpha value is -2.21. The number of aromatic nitrogens is 3. The summed E-state index contributed by atoms with van der Waals surface area (Å²) in [7, 11) is 0. The van der Waals surface area contributed by atoms with Gasteiger partial charge in [-0.25, -0.2) is 9.67 Å². The molecule has 1 amide bonds. The fourth-order valence-electron chi connectivity index (χ4n) is 3.58. The number of pyridine rings is 1. The molecule has 6 nitrogen and oxygen atoms in total. The summed E-state index contributed by atoms with van der Waals surface area (Å²) in [5.41, 5.74) is 3.27. The lowest BCUT2D eigenvalue weighted by Gasteiger charge is -2.22. The first-order valence-electron chi connectivity index (χ1n) is 9.02. The van der Waals surface area contributed by atoms with E-state index in [1.54, 1.807) is 0 Å². The second-order valence-corrected chi connectivity index (χ2v) is 6.65. The molecule has 1 aliphatic rings. The molecule has 134 valence electrons. The van der Waals surface area contributed by atoms with E-state index < -0.39 is 0 Å². The van der Waals surface area contributed by atoms with Crippen LogP contribution in [0.2, 0.25) is 0 Å². The average Bonchev–Trinajstić information content (AvgIpc) is 2.77. The minimum atomic E-state index is 0.0923. The summed E-state index contributed by atoms with van der Waals surface area (Å²) in [5, 5.41) is 5.45. The van der Waals surface area contributed by atoms with Gasteiger partial charge >= 0.3 is 0 Å². The number of fused-ring (bicyclic) bond motifs is 1. The van der Waals surface area contributed by atoms with E-state index in [-0.39, 0.29) is 5.91 Å². The van der Waals surface area contributed by atoms with Crippen molar-refractivity contribution in [3.05, 3.63) is 35.7 Å². The van der Waals surface area contributed by atoms with Crippen LogP contribution in [0.1, 0.15) is 35.1 Å². The van der Waals surface area contributed by atoms with Gasteiger partial charge in [0.2, 0.25) is 0 Å². The van der Waals surface area contributed by atoms with Gasteiger partial charge in [-0.1, -0.05) is 6.08 Å². The lowest BCUT2D eigenvalue weighted by molar-refractivity contribution is 0.0764. The van der Waals surface area contributed by atoms with Gasteiger partial charge in [-0.15, -0.1) is 6.58 Å². The highest BCUT2D eigenvalue weighted by atomic mass is 16.2. The number of amides is 1. The van der Waals surface area contributed by atoms with E-state index in [1.807, 2.05) is 42.5 Å². The van der Waals surface area contributed by atoms with Crippen LogP contribution >= 0.6 is 0 Å². The molecule has 6 heteroatoms. The standard InChI is InChI=1S/C19H27N5O/c1-5-8-22-9-7-10-23(12-11-22)19(25)16-13-14(3)20-18-17(16)15(4)21-24(18)6-2/h5,13H,1,6-12H2,2-4H3. The first kappa shape index (κ1) is 17.6. The number of hydrogen-bond acceptors (Lipinski definition) is 4. The van der Waals surface area contributed by atoms with Gasteiger partial charge in [0, 0.05) is 45.0 Å². The van der Waals surface area contributed by atoms with Crippen molar-refractivity contribution in [2.45, 2.75) is 33.7 Å². The van der Waals surface area contributed by atoms with Gasteiger partial charge in [-0.2, -0.15) is 5.10 Å². The van der Waals surface area contributed by atoms with Crippen LogP contribution in [0.5, 0.6) is 0 Å². The molecule has 1 aliphatic heterocycles. The first-order chi connectivity index (χ1) is 12.0. The third-order valence-electron chi connectivity index (χ3n) is 4.80. The maximum absolute atomic E-state index is 13.3. The molecule has 3 rings (SSSR count). The summed E-state index contributed by atoms with van der Waals surface area (Å²) in [6.45, 7) is 14.8. The monoisotopic (exact) mass is 341 g/mol. The van der Waals surface area contributed by atoms with Crippen LogP contribution in [-0.4, -0.2) is 63.2 Å². The zero-order valence-electron chi connectivity index (χ0n) is 15.5. The Morgan fingerprint density at radius 1 is 1.28 bits per heavy atom. The quantitative estimate of drug-likeness (QED) is 0.802. The van der Waals surface area contributed by atoms with E-state index in [0.29, 0.717) is 0 Å². The van der Waals surface area contributed by atoms with Crippen LogP contribution in [0.25, 0.3) is 11.0 Å². The molecule has 0 aromatic carbocycles. The summed E-state index contributed by atoms with van der Waals surface area (Å²) in [6.07, 6.45) is 2.91. The van der Waals surface area contributed by atoms with Crippen molar-refractivity contribution in [2.75, 3.05) is 32.7 Å². The van der Waals surface area contributed by atoms with Crippen LogP contribution in [0.4, 0.5) is 0 Å². The minimum absolute atomic E-state index is 0.0923. The lowest BCUT2D eigenvalue weighted by Crippen LogP contribution is -2.35. The second-order valence-electron chi connectivity index (χ2n) is 6.65. The van der Waals surface area contributed by atoms with Gasteiger partial charge in [0.15, 0.2) is 5.65 Å². The number of rotatable bonds is 4. The highest BCUT2D eigenvalue weighted by Gasteiger charge is 2.24. The molecule has 0 aliphatic carbocycles. The van der Waals surface area contributed by atoms with Gasteiger partial charge in [-0.3, -0.25) is 9.69 Å². The van der Waals surface area contributed by atoms with Crippen molar-refractivity contribution in [3.8, 4) is 0 Å². The van der Waals surface area contributed by atoms with Crippen molar-refractivity contribution >= 4 is 16.9 Å². The van der Waals surface area contributed by atoms with E-state index in [0.717, 1.165) is 73.7 Å². The molecule has 3 heterocycles. The van der Waals surface area contributed by atoms with E-state index in [4.69, 9.17) is 0 Å². The fraction of sp³-hybridized carbons (Fsp3) is 0.526. The van der Waals surface area contributed by atoms with Gasteiger partial charge < -0.3 is 4.90 Å². The van der Waals surface area contributed by atoms with E-state index >= 15 is 0 Å². The van der Waals surface area contributed by atoms with Gasteiger partial charge in [-0.05, 0) is 33.3 Å². The molecule has 0 N–H and O–H groups in total. The maximum atomic E-state index is 13.3. The van der Waals surface area contributed by atoms with Crippen molar-refractivity contribution in [1.82, 2.24) is 24.6 Å². The molecule has 1 fully saturated rings. The van der Waals surface area contributed by atoms with Crippen LogP contribution < -0.4 is 0 Å². The number of aryl methyl sites for hydroxylation is 3. The molecule has 0 radical (unpaired) electrons. The Morgan fingerprint density at radius 3 is 2.80 bits per heavy atom. The van der Waals surface area contributed by atoms with E-state index in [2.05, 4.69) is 21.6 Å². The van der Waals surface area contributed by atoms with Crippen LogP contribution in [0.15, 0.2) is 18.7 Å². The number of hydrogen-bond donors (Lipinski definition) is 0. The molecule has 1 saturated heterocycles. The molecule has 0 atom stereocenters. The Bertz CT molecular complexity index is 795. The SMILES string of the molecule is C=CCN1CCCN(C(=O)c2cc(C)nc3c2c(C)nn3CC)CC1. The lowest BCUT2D eigenvalue weighted by atomic mass is 10.1. The molecule has 2 aromatic rings. The Labute approximate surface area is 149 Å². The van der Waals surface area contributed by atoms with E-state index in [9.17, 15) is 4.79 Å². The topological polar surface area (TPSA) is 54.3 Å². The van der Waals surface area contributed by atoms with Crippen molar-refractivity contribution in [2.24, 2.45) is 0 Å². The number of carbonyl (C=O) groups excluding carboxylic acids is 1. The van der Waals surface area contributed by atoms with Crippen LogP contribution in [0, 0.1) is 13.8 Å². The fourth-order valence-corrected chi connectivity index (χ4v) is 3.58. The zero-order chi connectivity index (χ0) is 18.0. The zero-order valence-corrected chi connectivity index (χ0v) is 15.5. The molecular weight excluding hydrogens is 314 g/mol. The summed E-state index contributed by atoms with van der Waals surface area (Å²) in [4.78, 5) is 22.2. The number of nitrogens with zero attached hydrogens (tertiary/aromatic N) is 5. The maximum Gasteiger partial charge on any atom is 0.254 e. The van der Waals surface area contributed by atoms with Crippen molar-refractivity contribution in [1.29, 1.82) is 0 Å². The molecule has 0 unspecified atom stereocenters. The molecule has 2 aromatic heterocycles. The molecule has 0 saturated carbocycles. The minimum Gasteiger partial charge on any atom is -0.337 e. The van der Waals surface area contributed by atoms with Gasteiger partial charge in [0.05, 0.1) is 16.6 Å². The predicted molar refractivity (Wildman–Crippen MR) is 99.8 cm³/mol. The Morgan fingerprint density at radius 2 is 2.08 bits per heavy atom. The van der Waals surface area contributed by atoms with Crippen LogP contribution in [-0.2, 0) is 6.54 Å². The highest BCUT2D eigenvalue weighted by Crippen LogP contribution is 2.24. The Kier molecular flexibility index (Phi) is 5.18. The normalized spacial score (nSPS) is 16.2. The largest absolute Gasteiger partial charge is 0.337 e. The smallest absolute Gasteiger partial charge is 0.254 e. The second kappa shape index (κ2) is 7.35. The third kappa shape index (κ3) is 3.44. The number of carbonyl (C=O) groups is 1. The predicted octanol–water partition coefficient (Wildman–Crippen LogP) is 2.40. The summed E-state index contributed by atoms with van der Waals surface area (Å²) >= 11 is 0. The Balaban J connectivity index is 1.94. The summed E-state index contributed by atoms with van der Waals surface area (Å²) in [6, 6.07) is 1.91. The third-order valence-corrected chi connectivity index (χ3v) is 4.80. The first-order valence-corrected chi connectivity index (χ1v) is 9.02. The van der Waals surface area contributed by atoms with Crippen molar-refractivity contribution < 1.29 is 4.79 Å². The average molecular weight is 341 g/mol. The molecule has 0 bridgehead atoms. The van der Waals surface area contributed by atoms with Gasteiger partial charge in [0.1, 0.15) is 0 Å². The summed E-state index contributed by atoms with van der Waals surface area (Å²) < 4.78 is 1.88. The van der Waals surface area contributed by atoms with Gasteiger partial charge in [0.25, 0.3) is 5.91 Å². The summed E-state index contributed by atoms with van der Waals surface area (Å²) in [5.74, 6) is 0.0923.